The Morgan fingerprint density at radius 1 is 0.407 bits per heavy atom. The number of aliphatic hydroxyl groups excluding tert-OH is 8. The normalized spacial score (nSPS) is 23.4. The summed E-state index contributed by atoms with van der Waals surface area (Å²) in [6, 6.07) is -0.949. The van der Waals surface area contributed by atoms with Gasteiger partial charge in [-0.25, -0.2) is 0 Å². The summed E-state index contributed by atoms with van der Waals surface area (Å²) in [5.74, 6) is -0.265. The minimum Gasteiger partial charge on any atom is -0.394 e. The maximum Gasteiger partial charge on any atom is 0.220 e. The first kappa shape index (κ1) is 84.0. The zero-order valence-electron chi connectivity index (χ0n) is 57.3. The maximum atomic E-state index is 13.3. The van der Waals surface area contributed by atoms with Crippen LogP contribution >= 0.6 is 0 Å². The Labute approximate surface area is 553 Å². The third-order valence-electron chi connectivity index (χ3n) is 17.5. The number of aliphatic hydroxyl groups is 8. The Hall–Kier alpha value is -3.09. The van der Waals surface area contributed by atoms with Gasteiger partial charge in [-0.05, 0) is 83.5 Å². The summed E-state index contributed by atoms with van der Waals surface area (Å²) in [5, 5.41) is 87.5. The number of rotatable bonds is 60. The quantitative estimate of drug-likeness (QED) is 0.0204. The monoisotopic (exact) mass is 1280 g/mol. The number of unbranched alkanes of at least 4 members (excludes halogenated alkanes) is 33. The van der Waals surface area contributed by atoms with Gasteiger partial charge in [-0.1, -0.05) is 297 Å². The molecule has 14 heteroatoms. The van der Waals surface area contributed by atoms with Crippen LogP contribution in [0.5, 0.6) is 0 Å². The minimum absolute atomic E-state index is 0.251. The molecule has 12 atom stereocenters. The fourth-order valence-electron chi connectivity index (χ4n) is 11.7. The van der Waals surface area contributed by atoms with Crippen LogP contribution in [0, 0.1) is 0 Å². The van der Waals surface area contributed by atoms with Gasteiger partial charge in [0.15, 0.2) is 12.6 Å². The first-order chi connectivity index (χ1) is 44.6. The largest absolute Gasteiger partial charge is 0.394 e. The number of nitrogens with one attached hydrogen (secondary N) is 1. The molecule has 0 aromatic carbocycles. The molecule has 9 N–H and O–H groups in total. The van der Waals surface area contributed by atoms with Crippen molar-refractivity contribution in [2.75, 3.05) is 19.8 Å². The lowest BCUT2D eigenvalue weighted by atomic mass is 9.97. The summed E-state index contributed by atoms with van der Waals surface area (Å²) >= 11 is 0. The molecule has 0 spiro atoms. The van der Waals surface area contributed by atoms with Crippen molar-refractivity contribution in [1.82, 2.24) is 5.32 Å². The van der Waals surface area contributed by atoms with Crippen LogP contribution in [-0.2, 0) is 23.7 Å². The second-order valence-corrected chi connectivity index (χ2v) is 25.7. The molecule has 526 valence electrons. The molecule has 91 heavy (non-hydrogen) atoms. The maximum absolute atomic E-state index is 13.3. The van der Waals surface area contributed by atoms with E-state index in [1.807, 2.05) is 6.08 Å². The van der Waals surface area contributed by atoms with Crippen LogP contribution in [0.3, 0.4) is 0 Å². The highest BCUT2D eigenvalue weighted by molar-refractivity contribution is 5.76. The molecular formula is C77H135NO13. The van der Waals surface area contributed by atoms with Crippen molar-refractivity contribution < 1.29 is 64.6 Å². The van der Waals surface area contributed by atoms with Gasteiger partial charge in [0.25, 0.3) is 0 Å². The predicted octanol–water partition coefficient (Wildman–Crippen LogP) is 15.7. The zero-order valence-corrected chi connectivity index (χ0v) is 57.3. The minimum atomic E-state index is -1.80. The average Bonchev–Trinajstić information content (AvgIpc) is 1.15. The molecule has 2 heterocycles. The van der Waals surface area contributed by atoms with Gasteiger partial charge in [-0.2, -0.15) is 0 Å². The second kappa shape index (κ2) is 60.6. The molecule has 2 saturated heterocycles. The summed E-state index contributed by atoms with van der Waals surface area (Å²) < 4.78 is 22.8. The van der Waals surface area contributed by atoms with E-state index in [0.29, 0.717) is 12.8 Å². The van der Waals surface area contributed by atoms with Crippen molar-refractivity contribution in [3.05, 3.63) is 97.2 Å². The highest BCUT2D eigenvalue weighted by Crippen LogP contribution is 2.30. The number of ether oxygens (including phenoxy) is 4. The third-order valence-corrected chi connectivity index (χ3v) is 17.5. The molecule has 1 amide bonds. The molecule has 0 aromatic heterocycles. The van der Waals surface area contributed by atoms with E-state index in [-0.39, 0.29) is 18.9 Å². The van der Waals surface area contributed by atoms with Crippen LogP contribution in [0.1, 0.15) is 290 Å². The molecule has 2 aliphatic heterocycles. The average molecular weight is 1280 g/mol. The topological polar surface area (TPSA) is 228 Å². The van der Waals surface area contributed by atoms with Crippen molar-refractivity contribution in [3.63, 3.8) is 0 Å². The molecule has 2 rings (SSSR count). The van der Waals surface area contributed by atoms with Gasteiger partial charge in [0, 0.05) is 6.42 Å². The second-order valence-electron chi connectivity index (χ2n) is 25.7. The number of carbonyl (C=O) groups excluding carboxylic acids is 1. The number of hydrogen-bond acceptors (Lipinski definition) is 13. The Kier molecular flexibility index (Phi) is 55.9. The van der Waals surface area contributed by atoms with Crippen LogP contribution in [0.2, 0.25) is 0 Å². The van der Waals surface area contributed by atoms with E-state index in [2.05, 4.69) is 104 Å². The van der Waals surface area contributed by atoms with Gasteiger partial charge in [0.1, 0.15) is 48.8 Å². The lowest BCUT2D eigenvalue weighted by Crippen LogP contribution is -2.65. The lowest BCUT2D eigenvalue weighted by Gasteiger charge is -2.46. The molecule has 12 unspecified atom stereocenters. The Balaban J connectivity index is 1.68. The van der Waals surface area contributed by atoms with Gasteiger partial charge in [-0.15, -0.1) is 0 Å². The summed E-state index contributed by atoms with van der Waals surface area (Å²) in [6.45, 7) is 2.68. The molecule has 14 nitrogen and oxygen atoms in total. The Morgan fingerprint density at radius 2 is 0.769 bits per heavy atom. The van der Waals surface area contributed by atoms with Crippen molar-refractivity contribution in [3.8, 4) is 0 Å². The Morgan fingerprint density at radius 3 is 1.21 bits per heavy atom. The number of amides is 1. The van der Waals surface area contributed by atoms with Crippen molar-refractivity contribution in [2.24, 2.45) is 0 Å². The molecule has 0 radical (unpaired) electrons. The third kappa shape index (κ3) is 44.3. The van der Waals surface area contributed by atoms with Gasteiger partial charge in [0.05, 0.1) is 32.0 Å². The summed E-state index contributed by atoms with van der Waals surface area (Å²) in [6.07, 6.45) is 69.0. The van der Waals surface area contributed by atoms with Crippen molar-refractivity contribution in [2.45, 2.75) is 364 Å². The molecule has 0 aromatic rings. The molecule has 0 bridgehead atoms. The fraction of sp³-hybridized carbons (Fsp3) is 0.779. The molecule has 2 aliphatic rings. The highest BCUT2D eigenvalue weighted by Gasteiger charge is 2.51. The SMILES string of the molecule is CC/C=C\C/C=C\C/C=C\C/C=C\C/C=C\C/C=C\CCCCCCCCC(=O)NC(COC1OC(CO)C(OC2OC(CO)C(O)C(O)C2O)C(O)C1O)C(O)/C=C/CC/C=C/CCCCCCCCCCCCCCCCCCCCCCCCCCCC. The van der Waals surface area contributed by atoms with Gasteiger partial charge in [0.2, 0.25) is 5.91 Å². The smallest absolute Gasteiger partial charge is 0.220 e. The van der Waals surface area contributed by atoms with Crippen LogP contribution in [0.15, 0.2) is 97.2 Å². The fourth-order valence-corrected chi connectivity index (χ4v) is 11.7. The van der Waals surface area contributed by atoms with Gasteiger partial charge >= 0.3 is 0 Å². The summed E-state index contributed by atoms with van der Waals surface area (Å²) in [7, 11) is 0. The van der Waals surface area contributed by atoms with Gasteiger partial charge in [-0.3, -0.25) is 4.79 Å². The lowest BCUT2D eigenvalue weighted by molar-refractivity contribution is -0.359. The van der Waals surface area contributed by atoms with E-state index in [4.69, 9.17) is 18.9 Å². The van der Waals surface area contributed by atoms with Crippen LogP contribution in [-0.4, -0.2) is 140 Å². The molecule has 2 fully saturated rings. The van der Waals surface area contributed by atoms with Gasteiger partial charge < -0.3 is 65.1 Å². The first-order valence-corrected chi connectivity index (χ1v) is 37.0. The molecule has 0 aliphatic carbocycles. The van der Waals surface area contributed by atoms with E-state index in [9.17, 15) is 45.6 Å². The van der Waals surface area contributed by atoms with Crippen LogP contribution in [0.4, 0.5) is 0 Å². The molecule has 0 saturated carbocycles. The number of hydrogen-bond donors (Lipinski definition) is 9. The van der Waals surface area contributed by atoms with E-state index >= 15 is 0 Å². The molecular weight excluding hydrogens is 1150 g/mol. The summed E-state index contributed by atoms with van der Waals surface area (Å²) in [4.78, 5) is 13.3. The van der Waals surface area contributed by atoms with E-state index in [1.54, 1.807) is 6.08 Å². The van der Waals surface area contributed by atoms with E-state index < -0.39 is 86.8 Å². The summed E-state index contributed by atoms with van der Waals surface area (Å²) in [5.41, 5.74) is 0. The van der Waals surface area contributed by atoms with E-state index in [0.717, 1.165) is 89.9 Å². The van der Waals surface area contributed by atoms with Crippen LogP contribution < -0.4 is 5.32 Å². The number of allylic oxidation sites excluding steroid dienone is 15. The van der Waals surface area contributed by atoms with E-state index in [1.165, 1.54) is 167 Å². The van der Waals surface area contributed by atoms with Crippen LogP contribution in [0.25, 0.3) is 0 Å². The predicted molar refractivity (Wildman–Crippen MR) is 373 cm³/mol. The Bertz CT molecular complexity index is 1900. The van der Waals surface area contributed by atoms with Crippen molar-refractivity contribution in [1.29, 1.82) is 0 Å². The zero-order chi connectivity index (χ0) is 65.9. The highest BCUT2D eigenvalue weighted by atomic mass is 16.7. The first-order valence-electron chi connectivity index (χ1n) is 37.0. The van der Waals surface area contributed by atoms with Crippen molar-refractivity contribution >= 4 is 5.91 Å². The standard InChI is InChI=1S/C77H135NO13/c1-3-5-7-9-11-13-15-17-19-21-23-25-27-29-30-31-32-33-34-35-37-38-40-42-44-46-48-50-52-54-56-58-60-66(81)65(64-88-76-74(87)72(85)75(68(63-80)90-76)91-77-73(86)71(84)70(83)67(62-79)89-77)78-69(82)61-59-57-55-53-51-49-47-45-43-41-39-36-28-26-24-22-20-18-16-14-12-10-8-6-4-2/h6,8,12,14,18,20,24,26,36,39,43,45,50,52,58,60,65-68,70-77,79-81,83-87H,3-5,7,9-11,13,15-17,19,21-23,25,27-35,37-38,40-42,44,46-49,51,53-57,59,61-64H2,1-2H3,(H,78,82)/b8-6-,14-12-,20-18-,26-24-,39-36-,45-43-,52-50+,60-58+. The number of carbonyl (C=O) groups is 1.